The summed E-state index contributed by atoms with van der Waals surface area (Å²) in [5.41, 5.74) is 7.68. The van der Waals surface area contributed by atoms with E-state index in [0.29, 0.717) is 31.0 Å². The summed E-state index contributed by atoms with van der Waals surface area (Å²) in [6.45, 7) is 5.17. The summed E-state index contributed by atoms with van der Waals surface area (Å²) in [7, 11) is 0. The fourth-order valence-corrected chi connectivity index (χ4v) is 4.22. The van der Waals surface area contributed by atoms with Gasteiger partial charge in [-0.1, -0.05) is 31.2 Å². The number of pyridine rings is 2. The number of nitrogens with zero attached hydrogens (tertiary/aromatic N) is 5. The molecule has 0 unspecified atom stereocenters. The minimum Gasteiger partial charge on any atom is -0.320 e. The Balaban J connectivity index is 1.51. The summed E-state index contributed by atoms with van der Waals surface area (Å²) in [5, 5.41) is 3.00. The molecular formula is C27H26N6O. The number of hydrogen-bond donors (Lipinski definition) is 1. The molecule has 1 N–H and O–H groups in total. The molecule has 5 rings (SSSR count). The van der Waals surface area contributed by atoms with Crippen LogP contribution in [-0.4, -0.2) is 37.4 Å². The molecule has 3 aromatic heterocycles. The van der Waals surface area contributed by atoms with Crippen LogP contribution in [0.25, 0.3) is 22.6 Å². The summed E-state index contributed by atoms with van der Waals surface area (Å²) < 4.78 is 0. The number of carbonyl (C=O) groups excluding carboxylic acids is 1. The lowest BCUT2D eigenvalue weighted by Gasteiger charge is -2.30. The molecule has 0 saturated carbocycles. The van der Waals surface area contributed by atoms with E-state index in [1.54, 1.807) is 18.6 Å². The first kappa shape index (κ1) is 21.7. The number of aryl methyl sites for hydroxylation is 2. The van der Waals surface area contributed by atoms with Crippen LogP contribution in [0.5, 0.6) is 0 Å². The van der Waals surface area contributed by atoms with E-state index in [1.807, 2.05) is 41.4 Å². The number of benzene rings is 1. The largest absolute Gasteiger partial charge is 0.322 e. The van der Waals surface area contributed by atoms with Crippen molar-refractivity contribution in [1.29, 1.82) is 0 Å². The van der Waals surface area contributed by atoms with Crippen LogP contribution in [0.2, 0.25) is 0 Å². The molecule has 0 atom stereocenters. The Kier molecular flexibility index (Phi) is 5.99. The van der Waals surface area contributed by atoms with Crippen molar-refractivity contribution in [2.75, 3.05) is 11.9 Å². The van der Waals surface area contributed by atoms with Gasteiger partial charge in [-0.3, -0.25) is 9.97 Å². The van der Waals surface area contributed by atoms with Gasteiger partial charge in [0, 0.05) is 48.2 Å². The predicted molar refractivity (Wildman–Crippen MR) is 132 cm³/mol. The van der Waals surface area contributed by atoms with Gasteiger partial charge in [0.2, 0.25) is 0 Å². The van der Waals surface area contributed by atoms with Crippen LogP contribution >= 0.6 is 0 Å². The Hall–Kier alpha value is -4.13. The summed E-state index contributed by atoms with van der Waals surface area (Å²) in [6, 6.07) is 13.9. The highest BCUT2D eigenvalue weighted by Crippen LogP contribution is 2.32. The molecule has 7 nitrogen and oxygen atoms in total. The molecule has 1 aliphatic rings. The molecule has 1 aromatic carbocycles. The molecule has 0 aliphatic carbocycles. The van der Waals surface area contributed by atoms with Crippen LogP contribution < -0.4 is 5.32 Å². The Morgan fingerprint density at radius 1 is 1.06 bits per heavy atom. The van der Waals surface area contributed by atoms with Gasteiger partial charge in [0.1, 0.15) is 0 Å². The number of amides is 2. The second kappa shape index (κ2) is 9.39. The van der Waals surface area contributed by atoms with E-state index in [4.69, 9.17) is 9.97 Å². The minimum absolute atomic E-state index is 0.146. The zero-order valence-electron chi connectivity index (χ0n) is 19.3. The van der Waals surface area contributed by atoms with Gasteiger partial charge in [0.05, 0.1) is 29.8 Å². The lowest BCUT2D eigenvalue weighted by atomic mass is 9.96. The molecule has 0 radical (unpaired) electrons. The van der Waals surface area contributed by atoms with Gasteiger partial charge in [0.25, 0.3) is 0 Å². The topological polar surface area (TPSA) is 83.9 Å². The van der Waals surface area contributed by atoms with Gasteiger partial charge in [-0.15, -0.1) is 0 Å². The van der Waals surface area contributed by atoms with Crippen LogP contribution in [-0.2, 0) is 19.4 Å². The molecule has 170 valence electrons. The number of carbonyl (C=O) groups is 1. The highest BCUT2D eigenvalue weighted by molar-refractivity contribution is 5.89. The molecular weight excluding hydrogens is 424 g/mol. The summed E-state index contributed by atoms with van der Waals surface area (Å²) >= 11 is 0. The van der Waals surface area contributed by atoms with Crippen molar-refractivity contribution < 1.29 is 4.79 Å². The fourth-order valence-electron chi connectivity index (χ4n) is 4.22. The number of rotatable bonds is 4. The SMILES string of the molecule is CCc1cncc(NC(=O)N2CCc3nc(-c4cccnc4)nc(-c4ccccc4C)c3C2)c1. The maximum atomic E-state index is 13.1. The van der Waals surface area contributed by atoms with Crippen molar-refractivity contribution in [2.45, 2.75) is 33.2 Å². The number of aromatic nitrogens is 4. The Morgan fingerprint density at radius 3 is 2.74 bits per heavy atom. The molecule has 0 spiro atoms. The van der Waals surface area contributed by atoms with Gasteiger partial charge in [-0.2, -0.15) is 0 Å². The molecule has 0 saturated heterocycles. The zero-order chi connectivity index (χ0) is 23.5. The van der Waals surface area contributed by atoms with Gasteiger partial charge < -0.3 is 10.2 Å². The number of nitrogens with one attached hydrogen (secondary N) is 1. The van der Waals surface area contributed by atoms with E-state index >= 15 is 0 Å². The van der Waals surface area contributed by atoms with Crippen molar-refractivity contribution >= 4 is 11.7 Å². The highest BCUT2D eigenvalue weighted by Gasteiger charge is 2.27. The van der Waals surface area contributed by atoms with Gasteiger partial charge >= 0.3 is 6.03 Å². The smallest absolute Gasteiger partial charge is 0.320 e. The third-order valence-electron chi connectivity index (χ3n) is 6.12. The third-order valence-corrected chi connectivity index (χ3v) is 6.12. The number of fused-ring (bicyclic) bond motifs is 1. The van der Waals surface area contributed by atoms with Crippen LogP contribution in [0.3, 0.4) is 0 Å². The van der Waals surface area contributed by atoms with Crippen molar-refractivity contribution in [1.82, 2.24) is 24.8 Å². The van der Waals surface area contributed by atoms with E-state index in [-0.39, 0.29) is 6.03 Å². The van der Waals surface area contributed by atoms with Gasteiger partial charge in [-0.25, -0.2) is 14.8 Å². The quantitative estimate of drug-likeness (QED) is 0.470. The third kappa shape index (κ3) is 4.37. The fraction of sp³-hybridized carbons (Fsp3) is 0.222. The summed E-state index contributed by atoms with van der Waals surface area (Å²) in [5.74, 6) is 0.658. The molecule has 4 aromatic rings. The van der Waals surface area contributed by atoms with Crippen LogP contribution in [0, 0.1) is 6.92 Å². The molecule has 1 aliphatic heterocycles. The predicted octanol–water partition coefficient (Wildman–Crippen LogP) is 5.06. The van der Waals surface area contributed by atoms with Crippen LogP contribution in [0.4, 0.5) is 10.5 Å². The second-order valence-electron chi connectivity index (χ2n) is 8.41. The molecule has 2 amide bonds. The zero-order valence-corrected chi connectivity index (χ0v) is 19.3. The Bertz CT molecular complexity index is 1340. The van der Waals surface area contributed by atoms with Crippen molar-refractivity contribution in [3.05, 3.63) is 89.6 Å². The maximum Gasteiger partial charge on any atom is 0.322 e. The van der Waals surface area contributed by atoms with Gasteiger partial charge in [-0.05, 0) is 42.7 Å². The Labute approximate surface area is 199 Å². The molecule has 7 heteroatoms. The molecule has 4 heterocycles. The second-order valence-corrected chi connectivity index (χ2v) is 8.41. The lowest BCUT2D eigenvalue weighted by Crippen LogP contribution is -2.39. The normalized spacial score (nSPS) is 12.8. The van der Waals surface area contributed by atoms with Crippen molar-refractivity contribution in [2.24, 2.45) is 0 Å². The summed E-state index contributed by atoms with van der Waals surface area (Å²) in [6.07, 6.45) is 8.54. The number of urea groups is 1. The Morgan fingerprint density at radius 2 is 1.94 bits per heavy atom. The van der Waals surface area contributed by atoms with E-state index < -0.39 is 0 Å². The monoisotopic (exact) mass is 450 g/mol. The molecule has 34 heavy (non-hydrogen) atoms. The first-order valence-corrected chi connectivity index (χ1v) is 11.5. The van der Waals surface area contributed by atoms with E-state index in [0.717, 1.165) is 45.6 Å². The maximum absolute atomic E-state index is 13.1. The van der Waals surface area contributed by atoms with Crippen LogP contribution in [0.15, 0.2) is 67.3 Å². The average molecular weight is 451 g/mol. The highest BCUT2D eigenvalue weighted by atomic mass is 16.2. The number of hydrogen-bond acceptors (Lipinski definition) is 5. The molecule has 0 bridgehead atoms. The van der Waals surface area contributed by atoms with E-state index in [2.05, 4.69) is 41.3 Å². The first-order valence-electron chi connectivity index (χ1n) is 11.5. The van der Waals surface area contributed by atoms with E-state index in [9.17, 15) is 4.79 Å². The standard InChI is InChI=1S/C27H26N6O/c1-3-19-13-21(16-29-14-19)30-27(34)33-12-10-24-23(17-33)25(22-9-5-4-7-18(22)2)32-26(31-24)20-8-6-11-28-15-20/h4-9,11,13-16H,3,10,12,17H2,1-2H3,(H,30,34). The average Bonchev–Trinajstić information content (AvgIpc) is 2.88. The minimum atomic E-state index is -0.146. The van der Waals surface area contributed by atoms with Crippen molar-refractivity contribution in [3.63, 3.8) is 0 Å². The number of anilines is 1. The van der Waals surface area contributed by atoms with Gasteiger partial charge in [0.15, 0.2) is 5.82 Å². The van der Waals surface area contributed by atoms with E-state index in [1.165, 1.54) is 0 Å². The lowest BCUT2D eigenvalue weighted by molar-refractivity contribution is 0.206. The van der Waals surface area contributed by atoms with Crippen LogP contribution in [0.1, 0.15) is 29.3 Å². The van der Waals surface area contributed by atoms with Crippen molar-refractivity contribution in [3.8, 4) is 22.6 Å². The summed E-state index contributed by atoms with van der Waals surface area (Å²) in [4.78, 5) is 33.2. The molecule has 0 fully saturated rings. The first-order chi connectivity index (χ1) is 16.6.